The van der Waals surface area contributed by atoms with Crippen LogP contribution in [0.1, 0.15) is 37.7 Å². The number of rotatable bonds is 9. The molecule has 3 N–H and O–H groups in total. The normalized spacial score (nSPS) is 13.8. The molecule has 0 amide bonds. The van der Waals surface area contributed by atoms with Crippen molar-refractivity contribution in [2.45, 2.75) is 38.5 Å². The van der Waals surface area contributed by atoms with Gasteiger partial charge in [-0.2, -0.15) is 15.0 Å². The lowest BCUT2D eigenvalue weighted by Crippen LogP contribution is -2.19. The van der Waals surface area contributed by atoms with Gasteiger partial charge < -0.3 is 20.7 Å². The minimum Gasteiger partial charge on any atom is -0.469 e. The van der Waals surface area contributed by atoms with E-state index in [0.717, 1.165) is 17.8 Å². The fourth-order valence-electron chi connectivity index (χ4n) is 3.93. The number of hydrogen-bond acceptors (Lipinski definition) is 8. The first-order valence-corrected chi connectivity index (χ1v) is 11.5. The fourth-order valence-corrected chi connectivity index (χ4v) is 3.93. The van der Waals surface area contributed by atoms with E-state index in [4.69, 9.17) is 4.74 Å². The molecule has 9 heteroatoms. The van der Waals surface area contributed by atoms with E-state index in [9.17, 15) is 9.18 Å². The van der Waals surface area contributed by atoms with Crippen LogP contribution in [0.4, 0.5) is 33.6 Å². The van der Waals surface area contributed by atoms with Crippen LogP contribution in [0, 0.1) is 11.7 Å². The molecular formula is C25H29FN6O2. The third kappa shape index (κ3) is 6.87. The largest absolute Gasteiger partial charge is 0.469 e. The van der Waals surface area contributed by atoms with E-state index < -0.39 is 0 Å². The summed E-state index contributed by atoms with van der Waals surface area (Å²) in [6.45, 7) is 0.807. The molecule has 0 unspecified atom stereocenters. The predicted octanol–water partition coefficient (Wildman–Crippen LogP) is 5.21. The van der Waals surface area contributed by atoms with Gasteiger partial charge in [-0.25, -0.2) is 4.39 Å². The summed E-state index contributed by atoms with van der Waals surface area (Å²) in [4.78, 5) is 25.0. The lowest BCUT2D eigenvalue weighted by Gasteiger charge is -2.21. The van der Waals surface area contributed by atoms with Crippen LogP contribution in [0.5, 0.6) is 0 Å². The van der Waals surface area contributed by atoms with Crippen molar-refractivity contribution < 1.29 is 13.9 Å². The molecule has 2 aromatic carbocycles. The van der Waals surface area contributed by atoms with E-state index in [1.807, 2.05) is 24.3 Å². The number of hydrogen-bond donors (Lipinski definition) is 3. The van der Waals surface area contributed by atoms with Crippen LogP contribution in [0.2, 0.25) is 0 Å². The first-order valence-electron chi connectivity index (χ1n) is 11.5. The third-order valence-electron chi connectivity index (χ3n) is 5.80. The molecule has 178 valence electrons. The molecule has 8 nitrogen and oxygen atoms in total. The molecule has 1 aromatic heterocycles. The van der Waals surface area contributed by atoms with Crippen molar-refractivity contribution in [2.75, 3.05) is 29.6 Å². The summed E-state index contributed by atoms with van der Waals surface area (Å²) in [5.41, 5.74) is 2.29. The second-order valence-corrected chi connectivity index (χ2v) is 8.40. The molecule has 0 radical (unpaired) electrons. The molecule has 1 saturated carbocycles. The van der Waals surface area contributed by atoms with E-state index >= 15 is 0 Å². The summed E-state index contributed by atoms with van der Waals surface area (Å²) in [6.07, 6.45) is 6.47. The zero-order valence-corrected chi connectivity index (χ0v) is 19.2. The predicted molar refractivity (Wildman–Crippen MR) is 130 cm³/mol. The molecule has 3 aromatic rings. The number of methoxy groups -OCH3 is 1. The van der Waals surface area contributed by atoms with Gasteiger partial charge in [0.25, 0.3) is 0 Å². The van der Waals surface area contributed by atoms with Crippen LogP contribution < -0.4 is 16.0 Å². The Hall–Kier alpha value is -3.75. The molecule has 1 aliphatic carbocycles. The monoisotopic (exact) mass is 464 g/mol. The molecule has 0 bridgehead atoms. The Morgan fingerprint density at radius 2 is 1.44 bits per heavy atom. The second-order valence-electron chi connectivity index (χ2n) is 8.40. The highest BCUT2D eigenvalue weighted by Crippen LogP contribution is 2.24. The summed E-state index contributed by atoms with van der Waals surface area (Å²) in [7, 11) is 1.37. The molecule has 1 heterocycles. The summed E-state index contributed by atoms with van der Waals surface area (Å²) < 4.78 is 18.0. The van der Waals surface area contributed by atoms with Gasteiger partial charge in [-0.3, -0.25) is 4.79 Å². The van der Waals surface area contributed by atoms with Crippen molar-refractivity contribution >= 4 is 35.2 Å². The number of carbonyl (C=O) groups is 1. The minimum atomic E-state index is -0.311. The van der Waals surface area contributed by atoms with E-state index in [1.54, 1.807) is 12.1 Å². The van der Waals surface area contributed by atoms with Crippen molar-refractivity contribution in [1.82, 2.24) is 15.0 Å². The topological polar surface area (TPSA) is 101 Å². The lowest BCUT2D eigenvalue weighted by atomic mass is 9.89. The summed E-state index contributed by atoms with van der Waals surface area (Å²) in [5.74, 6) is 1.19. The Kier molecular flexibility index (Phi) is 7.85. The van der Waals surface area contributed by atoms with Gasteiger partial charge in [0, 0.05) is 17.9 Å². The van der Waals surface area contributed by atoms with E-state index in [0.29, 0.717) is 29.5 Å². The van der Waals surface area contributed by atoms with Crippen LogP contribution in [0.3, 0.4) is 0 Å². The Morgan fingerprint density at radius 1 is 0.882 bits per heavy atom. The van der Waals surface area contributed by atoms with Crippen LogP contribution >= 0.6 is 0 Å². The van der Waals surface area contributed by atoms with Crippen molar-refractivity contribution in [3.05, 3.63) is 59.9 Å². The lowest BCUT2D eigenvalue weighted by molar-refractivity contribution is -0.139. The standard InChI is InChI=1S/C25H29FN6O2/c1-34-22(33)15-17-7-11-20(12-8-17)28-24-30-23(27-16-18-5-3-2-4-6-18)31-25(32-24)29-21-13-9-19(26)10-14-21/h7-14,18H,2-6,15-16H2,1H3,(H3,27,28,29,30,31,32). The number of halogens is 1. The van der Waals surface area contributed by atoms with Crippen LogP contribution in [-0.4, -0.2) is 34.6 Å². The minimum absolute atomic E-state index is 0.212. The van der Waals surface area contributed by atoms with E-state index in [1.165, 1.54) is 51.3 Å². The van der Waals surface area contributed by atoms with Crippen molar-refractivity contribution in [1.29, 1.82) is 0 Å². The van der Waals surface area contributed by atoms with Crippen molar-refractivity contribution in [3.63, 3.8) is 0 Å². The number of aromatic nitrogens is 3. The van der Waals surface area contributed by atoms with Gasteiger partial charge in [0.05, 0.1) is 13.5 Å². The zero-order valence-electron chi connectivity index (χ0n) is 19.2. The summed E-state index contributed by atoms with van der Waals surface area (Å²) in [5, 5.41) is 9.67. The van der Waals surface area contributed by atoms with Gasteiger partial charge in [-0.05, 0) is 60.7 Å². The first kappa shape index (κ1) is 23.4. The molecule has 4 rings (SSSR count). The van der Waals surface area contributed by atoms with Crippen LogP contribution in [-0.2, 0) is 16.0 Å². The number of esters is 1. The van der Waals surface area contributed by atoms with Crippen LogP contribution in [0.15, 0.2) is 48.5 Å². The fraction of sp³-hybridized carbons (Fsp3) is 0.360. The van der Waals surface area contributed by atoms with Gasteiger partial charge in [0.15, 0.2) is 0 Å². The summed E-state index contributed by atoms with van der Waals surface area (Å²) >= 11 is 0. The maximum Gasteiger partial charge on any atom is 0.309 e. The summed E-state index contributed by atoms with van der Waals surface area (Å²) in [6, 6.07) is 13.4. The number of ether oxygens (including phenoxy) is 1. The van der Waals surface area contributed by atoms with Gasteiger partial charge in [0.2, 0.25) is 17.8 Å². The highest BCUT2D eigenvalue weighted by molar-refractivity contribution is 5.72. The van der Waals surface area contributed by atoms with Crippen molar-refractivity contribution in [3.8, 4) is 0 Å². The van der Waals surface area contributed by atoms with E-state index in [-0.39, 0.29) is 18.2 Å². The Bertz CT molecular complexity index is 1090. The Morgan fingerprint density at radius 3 is 2.03 bits per heavy atom. The first-order chi connectivity index (χ1) is 16.6. The number of anilines is 5. The van der Waals surface area contributed by atoms with Gasteiger partial charge in [0.1, 0.15) is 5.82 Å². The number of nitrogens with zero attached hydrogens (tertiary/aromatic N) is 3. The maximum atomic E-state index is 13.3. The smallest absolute Gasteiger partial charge is 0.309 e. The highest BCUT2D eigenvalue weighted by atomic mass is 19.1. The number of carbonyl (C=O) groups excluding carboxylic acids is 1. The zero-order chi connectivity index (χ0) is 23.8. The molecule has 0 aliphatic heterocycles. The van der Waals surface area contributed by atoms with Gasteiger partial charge in [-0.15, -0.1) is 0 Å². The molecule has 0 saturated heterocycles. The quantitative estimate of drug-likeness (QED) is 0.371. The Balaban J connectivity index is 1.50. The average Bonchev–Trinajstić information content (AvgIpc) is 2.86. The van der Waals surface area contributed by atoms with Crippen LogP contribution in [0.25, 0.3) is 0 Å². The van der Waals surface area contributed by atoms with E-state index in [2.05, 4.69) is 30.9 Å². The van der Waals surface area contributed by atoms with Crippen molar-refractivity contribution in [2.24, 2.45) is 5.92 Å². The molecule has 1 aliphatic rings. The molecule has 34 heavy (non-hydrogen) atoms. The maximum absolute atomic E-state index is 13.3. The SMILES string of the molecule is COC(=O)Cc1ccc(Nc2nc(NCC3CCCCC3)nc(Nc3ccc(F)cc3)n2)cc1. The number of nitrogens with one attached hydrogen (secondary N) is 3. The molecule has 0 spiro atoms. The highest BCUT2D eigenvalue weighted by Gasteiger charge is 2.15. The third-order valence-corrected chi connectivity index (χ3v) is 5.80. The molecule has 1 fully saturated rings. The molecule has 0 atom stereocenters. The second kappa shape index (κ2) is 11.4. The molecular weight excluding hydrogens is 435 g/mol. The average molecular weight is 465 g/mol. The number of benzene rings is 2. The van der Waals surface area contributed by atoms with Gasteiger partial charge >= 0.3 is 5.97 Å². The Labute approximate surface area is 198 Å². The van der Waals surface area contributed by atoms with Gasteiger partial charge in [-0.1, -0.05) is 31.4 Å².